The zero-order valence-corrected chi connectivity index (χ0v) is 11.5. The van der Waals surface area contributed by atoms with E-state index in [9.17, 15) is 0 Å². The fourth-order valence-electron chi connectivity index (χ4n) is 3.16. The molecular formula is C19H17N. The van der Waals surface area contributed by atoms with E-state index in [0.29, 0.717) is 12.0 Å². The molecule has 1 nitrogen and oxygen atoms in total. The molecule has 2 unspecified atom stereocenters. The van der Waals surface area contributed by atoms with Gasteiger partial charge in [-0.1, -0.05) is 60.7 Å². The molecule has 0 amide bonds. The van der Waals surface area contributed by atoms with Gasteiger partial charge in [0, 0.05) is 17.2 Å². The van der Waals surface area contributed by atoms with Gasteiger partial charge >= 0.3 is 0 Å². The van der Waals surface area contributed by atoms with Crippen LogP contribution in [0.3, 0.4) is 0 Å². The lowest BCUT2D eigenvalue weighted by atomic mass is 9.76. The summed E-state index contributed by atoms with van der Waals surface area (Å²) < 4.78 is 0. The van der Waals surface area contributed by atoms with Crippen LogP contribution in [-0.4, -0.2) is 6.04 Å². The maximum Gasteiger partial charge on any atom is 0.0548 e. The molecule has 0 fully saturated rings. The lowest BCUT2D eigenvalue weighted by Gasteiger charge is -2.39. The number of hydrogen-bond acceptors (Lipinski definition) is 1. The van der Waals surface area contributed by atoms with E-state index in [1.165, 1.54) is 28.0 Å². The molecule has 20 heavy (non-hydrogen) atoms. The van der Waals surface area contributed by atoms with Crippen LogP contribution in [0.2, 0.25) is 0 Å². The Kier molecular flexibility index (Phi) is 2.53. The normalized spacial score (nSPS) is 24.6. The third kappa shape index (κ3) is 1.63. The van der Waals surface area contributed by atoms with E-state index in [4.69, 9.17) is 0 Å². The van der Waals surface area contributed by atoms with Gasteiger partial charge in [0.05, 0.1) is 6.04 Å². The van der Waals surface area contributed by atoms with Crippen LogP contribution in [-0.2, 0) is 0 Å². The standard InChI is InChI=1S/C19H17N/c1-2-18-15-9-8-14(13-6-4-3-5-7-13)12-17(15)16-10-11-19(16)20-18/h2-12,16,19-20H,1H3/b18-2-. The summed E-state index contributed by atoms with van der Waals surface area (Å²) in [5.41, 5.74) is 6.64. The summed E-state index contributed by atoms with van der Waals surface area (Å²) in [7, 11) is 0. The van der Waals surface area contributed by atoms with E-state index in [1.807, 2.05) is 0 Å². The second-order valence-electron chi connectivity index (χ2n) is 5.45. The lowest BCUT2D eigenvalue weighted by Crippen LogP contribution is -2.40. The third-order valence-electron chi connectivity index (χ3n) is 4.33. The van der Waals surface area contributed by atoms with Crippen LogP contribution >= 0.6 is 0 Å². The molecule has 1 aliphatic heterocycles. The van der Waals surface area contributed by atoms with Crippen molar-refractivity contribution >= 4 is 5.70 Å². The summed E-state index contributed by atoms with van der Waals surface area (Å²) in [4.78, 5) is 0. The number of benzene rings is 2. The molecule has 1 N–H and O–H groups in total. The van der Waals surface area contributed by atoms with Gasteiger partial charge in [-0.15, -0.1) is 0 Å². The first-order valence-corrected chi connectivity index (χ1v) is 7.18. The van der Waals surface area contributed by atoms with Crippen LogP contribution in [0.4, 0.5) is 0 Å². The van der Waals surface area contributed by atoms with Gasteiger partial charge < -0.3 is 5.32 Å². The molecule has 2 aliphatic rings. The predicted octanol–water partition coefficient (Wildman–Crippen LogP) is 4.34. The summed E-state index contributed by atoms with van der Waals surface area (Å²) in [5, 5.41) is 3.59. The molecule has 0 spiro atoms. The van der Waals surface area contributed by atoms with Crippen molar-refractivity contribution in [1.29, 1.82) is 0 Å². The smallest absolute Gasteiger partial charge is 0.0548 e. The van der Waals surface area contributed by atoms with Crippen LogP contribution in [0.25, 0.3) is 16.8 Å². The molecule has 1 aliphatic carbocycles. The van der Waals surface area contributed by atoms with Gasteiger partial charge in [0.15, 0.2) is 0 Å². The van der Waals surface area contributed by atoms with E-state index in [2.05, 4.69) is 79.0 Å². The van der Waals surface area contributed by atoms with Gasteiger partial charge in [-0.2, -0.15) is 0 Å². The molecule has 98 valence electrons. The number of nitrogens with one attached hydrogen (secondary N) is 1. The first kappa shape index (κ1) is 11.5. The SMILES string of the molecule is C/C=C1\NC2C=CC2c2cc(-c3ccccc3)ccc21. The Morgan fingerprint density at radius 3 is 2.50 bits per heavy atom. The highest BCUT2D eigenvalue weighted by Crippen LogP contribution is 2.41. The lowest BCUT2D eigenvalue weighted by molar-refractivity contribution is 0.573. The highest BCUT2D eigenvalue weighted by Gasteiger charge is 2.33. The summed E-state index contributed by atoms with van der Waals surface area (Å²) >= 11 is 0. The molecule has 0 bridgehead atoms. The summed E-state index contributed by atoms with van der Waals surface area (Å²) in [6.45, 7) is 2.10. The molecule has 0 saturated heterocycles. The number of fused-ring (bicyclic) bond motifs is 3. The van der Waals surface area contributed by atoms with Crippen molar-refractivity contribution in [2.24, 2.45) is 0 Å². The van der Waals surface area contributed by atoms with E-state index >= 15 is 0 Å². The average Bonchev–Trinajstić information content (AvgIpc) is 2.48. The van der Waals surface area contributed by atoms with Crippen molar-refractivity contribution < 1.29 is 0 Å². The topological polar surface area (TPSA) is 12.0 Å². The zero-order chi connectivity index (χ0) is 13.5. The minimum atomic E-state index is 0.472. The van der Waals surface area contributed by atoms with Crippen molar-refractivity contribution in [1.82, 2.24) is 5.32 Å². The first-order valence-electron chi connectivity index (χ1n) is 7.18. The first-order chi connectivity index (χ1) is 9.86. The van der Waals surface area contributed by atoms with Crippen molar-refractivity contribution in [3.8, 4) is 11.1 Å². The molecule has 0 aromatic heterocycles. The largest absolute Gasteiger partial charge is 0.378 e. The average molecular weight is 259 g/mol. The van der Waals surface area contributed by atoms with Crippen LogP contribution in [0.1, 0.15) is 24.0 Å². The Balaban J connectivity index is 1.86. The molecule has 1 heterocycles. The number of hydrogen-bond donors (Lipinski definition) is 1. The van der Waals surface area contributed by atoms with Crippen LogP contribution in [0, 0.1) is 0 Å². The Morgan fingerprint density at radius 2 is 1.80 bits per heavy atom. The monoisotopic (exact) mass is 259 g/mol. The van der Waals surface area contributed by atoms with Gasteiger partial charge in [0.1, 0.15) is 0 Å². The summed E-state index contributed by atoms with van der Waals surface area (Å²) in [6.07, 6.45) is 6.73. The summed E-state index contributed by atoms with van der Waals surface area (Å²) in [5.74, 6) is 0.525. The second kappa shape index (κ2) is 4.38. The molecule has 2 aromatic carbocycles. The second-order valence-corrected chi connectivity index (χ2v) is 5.45. The Bertz CT molecular complexity index is 710. The maximum atomic E-state index is 3.59. The van der Waals surface area contributed by atoms with Gasteiger partial charge in [-0.05, 0) is 29.7 Å². The Labute approximate surface area is 119 Å². The van der Waals surface area contributed by atoms with Gasteiger partial charge in [-0.25, -0.2) is 0 Å². The van der Waals surface area contributed by atoms with Crippen molar-refractivity contribution in [2.75, 3.05) is 0 Å². The number of allylic oxidation sites excluding steroid dienone is 1. The third-order valence-corrected chi connectivity index (χ3v) is 4.33. The zero-order valence-electron chi connectivity index (χ0n) is 11.5. The van der Waals surface area contributed by atoms with Crippen molar-refractivity contribution in [3.05, 3.63) is 77.9 Å². The van der Waals surface area contributed by atoms with E-state index in [1.54, 1.807) is 0 Å². The van der Waals surface area contributed by atoms with Gasteiger partial charge in [0.25, 0.3) is 0 Å². The van der Waals surface area contributed by atoms with Crippen LogP contribution in [0.5, 0.6) is 0 Å². The molecule has 0 radical (unpaired) electrons. The van der Waals surface area contributed by atoms with Crippen LogP contribution in [0.15, 0.2) is 66.8 Å². The quantitative estimate of drug-likeness (QED) is 0.751. The summed E-state index contributed by atoms with van der Waals surface area (Å²) in [6, 6.07) is 17.9. The fourth-order valence-corrected chi connectivity index (χ4v) is 3.16. The molecule has 4 rings (SSSR count). The highest BCUT2D eigenvalue weighted by atomic mass is 15.0. The van der Waals surface area contributed by atoms with Crippen LogP contribution < -0.4 is 5.32 Å². The molecular weight excluding hydrogens is 242 g/mol. The van der Waals surface area contributed by atoms with E-state index in [-0.39, 0.29) is 0 Å². The predicted molar refractivity (Wildman–Crippen MR) is 84.3 cm³/mol. The van der Waals surface area contributed by atoms with E-state index in [0.717, 1.165) is 0 Å². The molecule has 2 atom stereocenters. The minimum absolute atomic E-state index is 0.472. The van der Waals surface area contributed by atoms with Crippen molar-refractivity contribution in [2.45, 2.75) is 18.9 Å². The van der Waals surface area contributed by atoms with Gasteiger partial charge in [-0.3, -0.25) is 0 Å². The van der Waals surface area contributed by atoms with Gasteiger partial charge in [0.2, 0.25) is 0 Å². The van der Waals surface area contributed by atoms with E-state index < -0.39 is 0 Å². The minimum Gasteiger partial charge on any atom is -0.378 e. The maximum absolute atomic E-state index is 3.59. The Morgan fingerprint density at radius 1 is 0.950 bits per heavy atom. The fraction of sp³-hybridized carbons (Fsp3) is 0.158. The number of rotatable bonds is 1. The Hall–Kier alpha value is -2.28. The molecule has 0 saturated carbocycles. The van der Waals surface area contributed by atoms with Crippen molar-refractivity contribution in [3.63, 3.8) is 0 Å². The highest BCUT2D eigenvalue weighted by molar-refractivity contribution is 5.76. The molecule has 1 heteroatoms. The molecule has 2 aromatic rings.